The van der Waals surface area contributed by atoms with Gasteiger partial charge in [0, 0.05) is 31.6 Å². The SMILES string of the molecule is CCCNCc1ccc(-n2ccnc2CC)nc1. The number of nitrogens with one attached hydrogen (secondary N) is 1. The number of nitrogens with zero attached hydrogens (tertiary/aromatic N) is 3. The van der Waals surface area contributed by atoms with E-state index in [1.807, 2.05) is 29.2 Å². The van der Waals surface area contributed by atoms with Crippen LogP contribution in [-0.4, -0.2) is 21.1 Å². The van der Waals surface area contributed by atoms with Crippen molar-refractivity contribution in [1.29, 1.82) is 0 Å². The minimum atomic E-state index is 0.881. The second-order valence-corrected chi connectivity index (χ2v) is 4.27. The van der Waals surface area contributed by atoms with Gasteiger partial charge in [0.05, 0.1) is 0 Å². The molecule has 4 nitrogen and oxygen atoms in total. The molecule has 1 N–H and O–H groups in total. The highest BCUT2D eigenvalue weighted by Gasteiger charge is 2.03. The zero-order valence-corrected chi connectivity index (χ0v) is 11.1. The molecule has 0 radical (unpaired) electrons. The minimum absolute atomic E-state index is 0.881. The molecule has 96 valence electrons. The van der Waals surface area contributed by atoms with Gasteiger partial charge in [0.1, 0.15) is 11.6 Å². The van der Waals surface area contributed by atoms with E-state index in [1.165, 1.54) is 5.56 Å². The fraction of sp³-hybridized carbons (Fsp3) is 0.429. The van der Waals surface area contributed by atoms with Crippen molar-refractivity contribution < 1.29 is 0 Å². The maximum absolute atomic E-state index is 4.49. The van der Waals surface area contributed by atoms with Crippen molar-refractivity contribution in [3.8, 4) is 5.82 Å². The van der Waals surface area contributed by atoms with Gasteiger partial charge in [0.25, 0.3) is 0 Å². The summed E-state index contributed by atoms with van der Waals surface area (Å²) in [6, 6.07) is 4.16. The van der Waals surface area contributed by atoms with Gasteiger partial charge in [-0.25, -0.2) is 9.97 Å². The van der Waals surface area contributed by atoms with Crippen LogP contribution in [0.5, 0.6) is 0 Å². The van der Waals surface area contributed by atoms with Crippen LogP contribution in [0.2, 0.25) is 0 Å². The monoisotopic (exact) mass is 244 g/mol. The molecule has 0 fully saturated rings. The third-order valence-corrected chi connectivity index (χ3v) is 2.85. The molecule has 0 amide bonds. The fourth-order valence-corrected chi connectivity index (χ4v) is 1.88. The Kier molecular flexibility index (Phi) is 4.47. The predicted molar refractivity (Wildman–Crippen MR) is 72.7 cm³/mol. The maximum atomic E-state index is 4.49. The lowest BCUT2D eigenvalue weighted by Gasteiger charge is -2.07. The standard InChI is InChI=1S/C14H20N4/c1-3-7-15-10-12-5-6-14(17-11-12)18-9-8-16-13(18)4-2/h5-6,8-9,11,15H,3-4,7,10H2,1-2H3. The summed E-state index contributed by atoms with van der Waals surface area (Å²) in [5.74, 6) is 1.97. The number of aryl methyl sites for hydroxylation is 1. The van der Waals surface area contributed by atoms with Crippen molar-refractivity contribution in [3.63, 3.8) is 0 Å². The molecular formula is C14H20N4. The summed E-state index contributed by atoms with van der Waals surface area (Å²) in [5, 5.41) is 3.37. The van der Waals surface area contributed by atoms with E-state index in [4.69, 9.17) is 0 Å². The molecule has 2 rings (SSSR count). The molecule has 2 aromatic heterocycles. The molecule has 2 aromatic rings. The lowest BCUT2D eigenvalue weighted by atomic mass is 10.2. The topological polar surface area (TPSA) is 42.7 Å². The third-order valence-electron chi connectivity index (χ3n) is 2.85. The number of aromatic nitrogens is 3. The van der Waals surface area contributed by atoms with Crippen molar-refractivity contribution >= 4 is 0 Å². The molecule has 0 bridgehead atoms. The Morgan fingerprint density at radius 1 is 1.22 bits per heavy atom. The second kappa shape index (κ2) is 6.31. The van der Waals surface area contributed by atoms with Gasteiger partial charge in [0.15, 0.2) is 0 Å². The van der Waals surface area contributed by atoms with E-state index in [2.05, 4.69) is 35.2 Å². The van der Waals surface area contributed by atoms with Gasteiger partial charge in [-0.3, -0.25) is 4.57 Å². The Labute approximate surface area is 108 Å². The minimum Gasteiger partial charge on any atom is -0.313 e. The molecule has 0 aliphatic heterocycles. The van der Waals surface area contributed by atoms with Crippen molar-refractivity contribution in [2.75, 3.05) is 6.54 Å². The first-order valence-corrected chi connectivity index (χ1v) is 6.53. The summed E-state index contributed by atoms with van der Waals surface area (Å²) in [4.78, 5) is 8.80. The molecular weight excluding hydrogens is 224 g/mol. The number of imidazole rings is 1. The molecule has 2 heterocycles. The van der Waals surface area contributed by atoms with Gasteiger partial charge in [-0.1, -0.05) is 19.9 Å². The first-order valence-electron chi connectivity index (χ1n) is 6.53. The van der Waals surface area contributed by atoms with E-state index in [1.54, 1.807) is 0 Å². The van der Waals surface area contributed by atoms with Gasteiger partial charge in [-0.05, 0) is 24.6 Å². The molecule has 0 atom stereocenters. The van der Waals surface area contributed by atoms with E-state index in [0.29, 0.717) is 0 Å². The second-order valence-electron chi connectivity index (χ2n) is 4.27. The average Bonchev–Trinajstić information content (AvgIpc) is 2.88. The lowest BCUT2D eigenvalue weighted by Crippen LogP contribution is -2.14. The van der Waals surface area contributed by atoms with Crippen LogP contribution in [0.25, 0.3) is 5.82 Å². The number of hydrogen-bond donors (Lipinski definition) is 1. The molecule has 0 spiro atoms. The van der Waals surface area contributed by atoms with Crippen molar-refractivity contribution in [1.82, 2.24) is 19.9 Å². The van der Waals surface area contributed by atoms with E-state index in [-0.39, 0.29) is 0 Å². The van der Waals surface area contributed by atoms with E-state index < -0.39 is 0 Å². The zero-order valence-electron chi connectivity index (χ0n) is 11.1. The van der Waals surface area contributed by atoms with Gasteiger partial charge >= 0.3 is 0 Å². The smallest absolute Gasteiger partial charge is 0.137 e. The van der Waals surface area contributed by atoms with Gasteiger partial charge in [-0.15, -0.1) is 0 Å². The fourth-order valence-electron chi connectivity index (χ4n) is 1.88. The third kappa shape index (κ3) is 2.96. The Morgan fingerprint density at radius 2 is 2.11 bits per heavy atom. The molecule has 0 aliphatic carbocycles. The normalized spacial score (nSPS) is 10.8. The maximum Gasteiger partial charge on any atom is 0.137 e. The van der Waals surface area contributed by atoms with Crippen LogP contribution in [0.1, 0.15) is 31.7 Å². The number of rotatable bonds is 6. The van der Waals surface area contributed by atoms with Crippen molar-refractivity contribution in [2.45, 2.75) is 33.2 Å². The van der Waals surface area contributed by atoms with E-state index in [0.717, 1.165) is 37.6 Å². The number of hydrogen-bond acceptors (Lipinski definition) is 3. The summed E-state index contributed by atoms with van der Waals surface area (Å²) in [6.07, 6.45) is 7.76. The van der Waals surface area contributed by atoms with Crippen LogP contribution in [0.3, 0.4) is 0 Å². The number of pyridine rings is 1. The first-order chi connectivity index (χ1) is 8.85. The summed E-state index contributed by atoms with van der Waals surface area (Å²) in [6.45, 7) is 6.19. The molecule has 0 saturated heterocycles. The van der Waals surface area contributed by atoms with E-state index in [9.17, 15) is 0 Å². The van der Waals surface area contributed by atoms with Gasteiger partial charge in [0.2, 0.25) is 0 Å². The largest absolute Gasteiger partial charge is 0.313 e. The van der Waals surface area contributed by atoms with Gasteiger partial charge < -0.3 is 5.32 Å². The Morgan fingerprint density at radius 3 is 2.78 bits per heavy atom. The summed E-state index contributed by atoms with van der Waals surface area (Å²) in [7, 11) is 0. The zero-order chi connectivity index (χ0) is 12.8. The quantitative estimate of drug-likeness (QED) is 0.793. The molecule has 4 heteroatoms. The van der Waals surface area contributed by atoms with Crippen LogP contribution in [0, 0.1) is 0 Å². The van der Waals surface area contributed by atoms with E-state index >= 15 is 0 Å². The van der Waals surface area contributed by atoms with Crippen LogP contribution >= 0.6 is 0 Å². The summed E-state index contributed by atoms with van der Waals surface area (Å²) >= 11 is 0. The Balaban J connectivity index is 2.07. The van der Waals surface area contributed by atoms with Crippen molar-refractivity contribution in [2.24, 2.45) is 0 Å². The van der Waals surface area contributed by atoms with Crippen LogP contribution in [-0.2, 0) is 13.0 Å². The highest BCUT2D eigenvalue weighted by molar-refractivity contribution is 5.27. The Bertz CT molecular complexity index is 473. The molecule has 18 heavy (non-hydrogen) atoms. The molecule has 0 aromatic carbocycles. The highest BCUT2D eigenvalue weighted by Crippen LogP contribution is 2.09. The van der Waals surface area contributed by atoms with Crippen LogP contribution < -0.4 is 5.32 Å². The lowest BCUT2D eigenvalue weighted by molar-refractivity contribution is 0.673. The summed E-state index contributed by atoms with van der Waals surface area (Å²) < 4.78 is 2.03. The Hall–Kier alpha value is -1.68. The predicted octanol–water partition coefficient (Wildman–Crippen LogP) is 2.33. The molecule has 0 unspecified atom stereocenters. The van der Waals surface area contributed by atoms with Crippen molar-refractivity contribution in [3.05, 3.63) is 42.1 Å². The van der Waals surface area contributed by atoms with Crippen LogP contribution in [0.15, 0.2) is 30.7 Å². The average molecular weight is 244 g/mol. The molecule has 0 saturated carbocycles. The first kappa shape index (κ1) is 12.8. The van der Waals surface area contributed by atoms with Crippen LogP contribution in [0.4, 0.5) is 0 Å². The molecule has 0 aliphatic rings. The summed E-state index contributed by atoms with van der Waals surface area (Å²) in [5.41, 5.74) is 1.21. The van der Waals surface area contributed by atoms with Gasteiger partial charge in [-0.2, -0.15) is 0 Å². The highest BCUT2D eigenvalue weighted by atomic mass is 15.1.